The summed E-state index contributed by atoms with van der Waals surface area (Å²) in [6, 6.07) is 26.5. The Bertz CT molecular complexity index is 1360. The van der Waals surface area contributed by atoms with E-state index in [4.69, 9.17) is 4.52 Å². The molecule has 1 fully saturated rings. The second-order valence-corrected chi connectivity index (χ2v) is 9.57. The lowest BCUT2D eigenvalue weighted by atomic mass is 9.95. The molecule has 1 saturated heterocycles. The summed E-state index contributed by atoms with van der Waals surface area (Å²) < 4.78 is 5.45. The van der Waals surface area contributed by atoms with Crippen molar-refractivity contribution < 1.29 is 14.1 Å². The topological polar surface area (TPSA) is 100 Å². The third kappa shape index (κ3) is 6.15. The van der Waals surface area contributed by atoms with E-state index in [1.54, 1.807) is 18.2 Å². The number of benzene rings is 3. The Morgan fingerprint density at radius 2 is 1.61 bits per heavy atom. The van der Waals surface area contributed by atoms with Gasteiger partial charge in [-0.05, 0) is 50.6 Å². The van der Waals surface area contributed by atoms with Gasteiger partial charge in [-0.15, -0.1) is 0 Å². The van der Waals surface area contributed by atoms with Gasteiger partial charge in [0.15, 0.2) is 0 Å². The molecule has 8 nitrogen and oxygen atoms in total. The van der Waals surface area contributed by atoms with Gasteiger partial charge in [-0.2, -0.15) is 4.98 Å². The lowest BCUT2D eigenvalue weighted by molar-refractivity contribution is -0.121. The van der Waals surface area contributed by atoms with E-state index in [2.05, 4.69) is 25.7 Å². The molecule has 0 radical (unpaired) electrons. The molecular weight excluding hydrogens is 478 g/mol. The molecule has 1 aromatic heterocycles. The van der Waals surface area contributed by atoms with Crippen molar-refractivity contribution in [2.75, 3.05) is 18.4 Å². The Morgan fingerprint density at radius 1 is 0.947 bits per heavy atom. The predicted molar refractivity (Wildman–Crippen MR) is 145 cm³/mol. The minimum atomic E-state index is -0.221. The van der Waals surface area contributed by atoms with Crippen molar-refractivity contribution in [1.82, 2.24) is 20.4 Å². The van der Waals surface area contributed by atoms with Crippen molar-refractivity contribution in [3.63, 3.8) is 0 Å². The molecule has 194 valence electrons. The van der Waals surface area contributed by atoms with E-state index in [1.165, 1.54) is 0 Å². The standard InChI is InChI=1S/C30H31N5O3/c1-21(22-10-4-2-5-11-22)31-30(37)25-14-8-9-15-26(25)32-29(36)24-16-18-35(19-17-24)20-27-33-28(34-38-27)23-12-6-3-7-13-23/h2-15,21,24H,16-20H2,1H3,(H,31,37)(H,32,36). The highest BCUT2D eigenvalue weighted by Gasteiger charge is 2.27. The first-order chi connectivity index (χ1) is 18.6. The molecule has 0 saturated carbocycles. The van der Waals surface area contributed by atoms with Crippen molar-refractivity contribution in [2.24, 2.45) is 5.92 Å². The predicted octanol–water partition coefficient (Wildman–Crippen LogP) is 5.08. The summed E-state index contributed by atoms with van der Waals surface area (Å²) >= 11 is 0. The van der Waals surface area contributed by atoms with Gasteiger partial charge in [-0.1, -0.05) is 78.0 Å². The fourth-order valence-electron chi connectivity index (χ4n) is 4.69. The van der Waals surface area contributed by atoms with Crippen LogP contribution in [0.1, 0.15) is 47.6 Å². The number of nitrogens with zero attached hydrogens (tertiary/aromatic N) is 3. The van der Waals surface area contributed by atoms with Crippen LogP contribution in [0.25, 0.3) is 11.4 Å². The Hall–Kier alpha value is -4.30. The maximum Gasteiger partial charge on any atom is 0.253 e. The average molecular weight is 510 g/mol. The van der Waals surface area contributed by atoms with Crippen LogP contribution in [-0.2, 0) is 11.3 Å². The third-order valence-electron chi connectivity index (χ3n) is 6.89. The molecular formula is C30H31N5O3. The summed E-state index contributed by atoms with van der Waals surface area (Å²) in [4.78, 5) is 32.9. The van der Waals surface area contributed by atoms with E-state index in [1.807, 2.05) is 73.7 Å². The minimum absolute atomic E-state index is 0.0647. The van der Waals surface area contributed by atoms with Crippen molar-refractivity contribution in [3.8, 4) is 11.4 Å². The molecule has 5 rings (SSSR count). The van der Waals surface area contributed by atoms with Gasteiger partial charge in [-0.3, -0.25) is 14.5 Å². The van der Waals surface area contributed by atoms with E-state index < -0.39 is 0 Å². The molecule has 1 atom stereocenters. The fraction of sp³-hybridized carbons (Fsp3) is 0.267. The van der Waals surface area contributed by atoms with E-state index in [-0.39, 0.29) is 23.8 Å². The van der Waals surface area contributed by atoms with E-state index in [0.29, 0.717) is 42.4 Å². The minimum Gasteiger partial charge on any atom is -0.345 e. The Balaban J connectivity index is 1.14. The molecule has 1 aliphatic heterocycles. The average Bonchev–Trinajstić information content (AvgIpc) is 3.43. The van der Waals surface area contributed by atoms with E-state index in [0.717, 1.165) is 24.2 Å². The van der Waals surface area contributed by atoms with Gasteiger partial charge in [-0.25, -0.2) is 0 Å². The summed E-state index contributed by atoms with van der Waals surface area (Å²) in [5, 5.41) is 10.1. The van der Waals surface area contributed by atoms with Gasteiger partial charge in [0.1, 0.15) is 0 Å². The summed E-state index contributed by atoms with van der Waals surface area (Å²) in [6.07, 6.45) is 1.43. The molecule has 8 heteroatoms. The van der Waals surface area contributed by atoms with Crippen molar-refractivity contribution in [2.45, 2.75) is 32.4 Å². The molecule has 0 bridgehead atoms. The van der Waals surface area contributed by atoms with Crippen LogP contribution in [0.2, 0.25) is 0 Å². The highest BCUT2D eigenvalue weighted by molar-refractivity contribution is 6.04. The van der Waals surface area contributed by atoms with Crippen LogP contribution in [-0.4, -0.2) is 39.9 Å². The zero-order chi connectivity index (χ0) is 26.3. The molecule has 1 unspecified atom stereocenters. The first-order valence-electron chi connectivity index (χ1n) is 12.9. The Labute approximate surface area is 222 Å². The molecule has 2 N–H and O–H groups in total. The lowest BCUT2D eigenvalue weighted by Crippen LogP contribution is -2.38. The Kier molecular flexibility index (Phi) is 7.89. The number of amides is 2. The van der Waals surface area contributed by atoms with Gasteiger partial charge in [0.05, 0.1) is 23.8 Å². The number of likely N-dealkylation sites (tertiary alicyclic amines) is 1. The van der Waals surface area contributed by atoms with Gasteiger partial charge < -0.3 is 15.2 Å². The highest BCUT2D eigenvalue weighted by atomic mass is 16.5. The van der Waals surface area contributed by atoms with E-state index in [9.17, 15) is 9.59 Å². The number of rotatable bonds is 8. The van der Waals surface area contributed by atoms with Crippen LogP contribution in [0.3, 0.4) is 0 Å². The molecule has 2 heterocycles. The number of hydrogen-bond donors (Lipinski definition) is 2. The van der Waals surface area contributed by atoms with Crippen LogP contribution in [0.15, 0.2) is 89.5 Å². The molecule has 1 aliphatic rings. The highest BCUT2D eigenvalue weighted by Crippen LogP contribution is 2.24. The SMILES string of the molecule is CC(NC(=O)c1ccccc1NC(=O)C1CCN(Cc2nc(-c3ccccc3)no2)CC1)c1ccccc1. The molecule has 4 aromatic rings. The van der Waals surface area contributed by atoms with Gasteiger partial charge in [0, 0.05) is 11.5 Å². The second kappa shape index (κ2) is 11.8. The zero-order valence-electron chi connectivity index (χ0n) is 21.3. The van der Waals surface area contributed by atoms with Gasteiger partial charge >= 0.3 is 0 Å². The quantitative estimate of drug-likeness (QED) is 0.344. The number of piperidine rings is 1. The first kappa shape index (κ1) is 25.4. The smallest absolute Gasteiger partial charge is 0.253 e. The summed E-state index contributed by atoms with van der Waals surface area (Å²) in [5.74, 6) is 0.729. The largest absolute Gasteiger partial charge is 0.345 e. The fourth-order valence-corrected chi connectivity index (χ4v) is 4.69. The number of nitrogens with one attached hydrogen (secondary N) is 2. The molecule has 0 spiro atoms. The van der Waals surface area contributed by atoms with Crippen molar-refractivity contribution in [1.29, 1.82) is 0 Å². The monoisotopic (exact) mass is 509 g/mol. The second-order valence-electron chi connectivity index (χ2n) is 9.57. The number of anilines is 1. The van der Waals surface area contributed by atoms with Crippen LogP contribution < -0.4 is 10.6 Å². The summed E-state index contributed by atoms with van der Waals surface area (Å²) in [7, 11) is 0. The lowest BCUT2D eigenvalue weighted by Gasteiger charge is -2.30. The first-order valence-corrected chi connectivity index (χ1v) is 12.9. The maximum absolute atomic E-state index is 13.1. The number of carbonyl (C=O) groups excluding carboxylic acids is 2. The van der Waals surface area contributed by atoms with Crippen molar-refractivity contribution >= 4 is 17.5 Å². The molecule has 38 heavy (non-hydrogen) atoms. The van der Waals surface area contributed by atoms with Crippen LogP contribution in [0.4, 0.5) is 5.69 Å². The van der Waals surface area contributed by atoms with Crippen molar-refractivity contribution in [3.05, 3.63) is 102 Å². The van der Waals surface area contributed by atoms with Crippen LogP contribution in [0.5, 0.6) is 0 Å². The molecule has 2 amide bonds. The van der Waals surface area contributed by atoms with Crippen LogP contribution >= 0.6 is 0 Å². The zero-order valence-corrected chi connectivity index (χ0v) is 21.3. The molecule has 3 aromatic carbocycles. The number of hydrogen-bond acceptors (Lipinski definition) is 6. The summed E-state index contributed by atoms with van der Waals surface area (Å²) in [6.45, 7) is 3.99. The van der Waals surface area contributed by atoms with Gasteiger partial charge in [0.25, 0.3) is 5.91 Å². The summed E-state index contributed by atoms with van der Waals surface area (Å²) in [5.41, 5.74) is 2.91. The van der Waals surface area contributed by atoms with Gasteiger partial charge in [0.2, 0.25) is 17.6 Å². The third-order valence-corrected chi connectivity index (χ3v) is 6.89. The number of para-hydroxylation sites is 1. The van der Waals surface area contributed by atoms with Crippen LogP contribution in [0, 0.1) is 5.92 Å². The number of aromatic nitrogens is 2. The maximum atomic E-state index is 13.1. The normalized spacial score (nSPS) is 15.1. The van der Waals surface area contributed by atoms with E-state index >= 15 is 0 Å². The molecule has 0 aliphatic carbocycles. The number of carbonyl (C=O) groups is 2. The Morgan fingerprint density at radius 3 is 2.34 bits per heavy atom.